The van der Waals surface area contributed by atoms with Gasteiger partial charge in [-0.15, -0.1) is 0 Å². The second-order valence-electron chi connectivity index (χ2n) is 16.1. The highest BCUT2D eigenvalue weighted by Crippen LogP contribution is 2.24. The molecular weight excluding hydrogens is 629 g/mol. The van der Waals surface area contributed by atoms with Crippen LogP contribution >= 0.6 is 0 Å². The van der Waals surface area contributed by atoms with Crippen LogP contribution in [-0.2, 0) is 25.7 Å². The summed E-state index contributed by atoms with van der Waals surface area (Å²) in [6.45, 7) is 8.70. The molecule has 4 aromatic rings. The lowest BCUT2D eigenvalue weighted by Crippen LogP contribution is -1.98. The summed E-state index contributed by atoms with van der Waals surface area (Å²) in [6.07, 6.45) is 29.8. The maximum absolute atomic E-state index is 6.01. The summed E-state index contributed by atoms with van der Waals surface area (Å²) >= 11 is 0. The van der Waals surface area contributed by atoms with Gasteiger partial charge < -0.3 is 11.5 Å². The average Bonchev–Trinajstić information content (AvgIpc) is 3.11. The largest absolute Gasteiger partial charge is 0.399 e. The topological polar surface area (TPSA) is 52.0 Å². The standard InChI is InChI=1S/C50H72N2/c1-39-33-47(51)34-40(2)49(39)37-45-29-25-43(26-30-45)23-21-19-17-15-13-11-9-7-5-6-8-10-12-14-16-18-20-22-24-44-27-31-46(32-28-44)38-50-41(3)35-48(52)36-42(50)4/h25-36H,5-24,37-38,51-52H2,1-4H3. The molecule has 2 nitrogen and oxygen atoms in total. The van der Waals surface area contributed by atoms with E-state index in [1.807, 2.05) is 0 Å². The minimum Gasteiger partial charge on any atom is -0.399 e. The first-order valence-corrected chi connectivity index (χ1v) is 21.2. The molecule has 0 fully saturated rings. The maximum Gasteiger partial charge on any atom is 0.0319 e. The number of unbranched alkanes of at least 4 members (excludes halogenated alkanes) is 17. The lowest BCUT2D eigenvalue weighted by Gasteiger charge is -2.12. The average molecular weight is 701 g/mol. The normalized spacial score (nSPS) is 11.4. The molecule has 0 amide bonds. The van der Waals surface area contributed by atoms with E-state index in [-0.39, 0.29) is 0 Å². The van der Waals surface area contributed by atoms with Gasteiger partial charge in [0, 0.05) is 11.4 Å². The van der Waals surface area contributed by atoms with E-state index < -0.39 is 0 Å². The van der Waals surface area contributed by atoms with Gasteiger partial charge in [0.05, 0.1) is 0 Å². The van der Waals surface area contributed by atoms with Crippen molar-refractivity contribution in [3.05, 3.63) is 128 Å². The lowest BCUT2D eigenvalue weighted by atomic mass is 9.94. The molecule has 0 atom stereocenters. The fourth-order valence-corrected chi connectivity index (χ4v) is 8.15. The summed E-state index contributed by atoms with van der Waals surface area (Å²) in [7, 11) is 0. The van der Waals surface area contributed by atoms with Gasteiger partial charge in [-0.25, -0.2) is 0 Å². The van der Waals surface area contributed by atoms with Crippen molar-refractivity contribution in [2.24, 2.45) is 0 Å². The molecule has 0 spiro atoms. The number of nitrogens with two attached hydrogens (primary N) is 2. The van der Waals surface area contributed by atoms with Gasteiger partial charge >= 0.3 is 0 Å². The van der Waals surface area contributed by atoms with E-state index in [1.165, 1.54) is 184 Å². The van der Waals surface area contributed by atoms with Crippen molar-refractivity contribution in [1.29, 1.82) is 0 Å². The minimum absolute atomic E-state index is 0.866. The lowest BCUT2D eigenvalue weighted by molar-refractivity contribution is 0.524. The van der Waals surface area contributed by atoms with Gasteiger partial charge in [-0.3, -0.25) is 0 Å². The van der Waals surface area contributed by atoms with Gasteiger partial charge in [-0.2, -0.15) is 0 Å². The molecule has 4 N–H and O–H groups in total. The number of hydrogen-bond acceptors (Lipinski definition) is 2. The molecule has 4 aromatic carbocycles. The molecule has 0 aromatic heterocycles. The third-order valence-corrected chi connectivity index (χ3v) is 11.4. The number of anilines is 2. The highest BCUT2D eigenvalue weighted by molar-refractivity contribution is 5.51. The van der Waals surface area contributed by atoms with Crippen LogP contribution in [0.1, 0.15) is 171 Å². The Morgan fingerprint density at radius 1 is 0.308 bits per heavy atom. The van der Waals surface area contributed by atoms with Crippen molar-refractivity contribution in [1.82, 2.24) is 0 Å². The van der Waals surface area contributed by atoms with Gasteiger partial charge in [0.25, 0.3) is 0 Å². The number of hydrogen-bond donors (Lipinski definition) is 2. The summed E-state index contributed by atoms with van der Waals surface area (Å²) in [4.78, 5) is 0. The minimum atomic E-state index is 0.866. The van der Waals surface area contributed by atoms with Crippen LogP contribution in [0.4, 0.5) is 11.4 Å². The number of nitrogen functional groups attached to an aromatic ring is 2. The third kappa shape index (κ3) is 15.2. The van der Waals surface area contributed by atoms with Crippen molar-refractivity contribution < 1.29 is 0 Å². The molecule has 0 radical (unpaired) electrons. The molecule has 0 unspecified atom stereocenters. The Kier molecular flexibility index (Phi) is 18.4. The monoisotopic (exact) mass is 701 g/mol. The summed E-state index contributed by atoms with van der Waals surface area (Å²) in [5.74, 6) is 0. The van der Waals surface area contributed by atoms with Crippen LogP contribution in [0.25, 0.3) is 0 Å². The van der Waals surface area contributed by atoms with Crippen molar-refractivity contribution >= 4 is 11.4 Å². The van der Waals surface area contributed by atoms with E-state index in [0.29, 0.717) is 0 Å². The third-order valence-electron chi connectivity index (χ3n) is 11.4. The molecule has 0 saturated carbocycles. The van der Waals surface area contributed by atoms with Crippen LogP contribution in [0.5, 0.6) is 0 Å². The molecule has 2 heteroatoms. The predicted molar refractivity (Wildman–Crippen MR) is 230 cm³/mol. The molecule has 282 valence electrons. The van der Waals surface area contributed by atoms with Gasteiger partial charge in [0.15, 0.2) is 0 Å². The van der Waals surface area contributed by atoms with Crippen molar-refractivity contribution in [3.8, 4) is 0 Å². The molecule has 0 bridgehead atoms. The van der Waals surface area contributed by atoms with Gasteiger partial charge in [-0.05, 0) is 146 Å². The van der Waals surface area contributed by atoms with Crippen LogP contribution < -0.4 is 11.5 Å². The first-order chi connectivity index (χ1) is 25.3. The number of benzene rings is 4. The summed E-state index contributed by atoms with van der Waals surface area (Å²) < 4.78 is 0. The molecule has 0 saturated heterocycles. The fourth-order valence-electron chi connectivity index (χ4n) is 8.15. The Labute approximate surface area is 319 Å². The summed E-state index contributed by atoms with van der Waals surface area (Å²) in [5.41, 5.74) is 27.5. The fraction of sp³-hybridized carbons (Fsp3) is 0.520. The van der Waals surface area contributed by atoms with E-state index in [1.54, 1.807) is 0 Å². The van der Waals surface area contributed by atoms with E-state index in [2.05, 4.69) is 100 Å². The zero-order chi connectivity index (χ0) is 37.0. The van der Waals surface area contributed by atoms with Crippen LogP contribution in [0.3, 0.4) is 0 Å². The summed E-state index contributed by atoms with van der Waals surface area (Å²) in [5, 5.41) is 0. The van der Waals surface area contributed by atoms with E-state index >= 15 is 0 Å². The van der Waals surface area contributed by atoms with E-state index in [0.717, 1.165) is 24.2 Å². The van der Waals surface area contributed by atoms with Crippen molar-refractivity contribution in [3.63, 3.8) is 0 Å². The zero-order valence-corrected chi connectivity index (χ0v) is 33.6. The first kappa shape index (κ1) is 41.2. The van der Waals surface area contributed by atoms with Gasteiger partial charge in [0.1, 0.15) is 0 Å². The Morgan fingerprint density at radius 3 is 0.769 bits per heavy atom. The quantitative estimate of drug-likeness (QED) is 0.0534. The predicted octanol–water partition coefficient (Wildman–Crippen LogP) is 14.1. The summed E-state index contributed by atoms with van der Waals surface area (Å²) in [6, 6.07) is 27.0. The number of rotatable bonds is 25. The Morgan fingerprint density at radius 2 is 0.519 bits per heavy atom. The SMILES string of the molecule is Cc1cc(N)cc(C)c1Cc1ccc(CCCCCCCCCCCCCCCCCCCCc2ccc(Cc3c(C)cc(N)cc3C)cc2)cc1. The molecule has 0 heterocycles. The molecule has 0 aliphatic rings. The Hall–Kier alpha value is -3.52. The highest BCUT2D eigenvalue weighted by Gasteiger charge is 2.07. The van der Waals surface area contributed by atoms with Crippen LogP contribution in [0, 0.1) is 27.7 Å². The zero-order valence-electron chi connectivity index (χ0n) is 33.6. The van der Waals surface area contributed by atoms with Gasteiger partial charge in [0.2, 0.25) is 0 Å². The first-order valence-electron chi connectivity index (χ1n) is 21.2. The second-order valence-corrected chi connectivity index (χ2v) is 16.1. The molecule has 52 heavy (non-hydrogen) atoms. The van der Waals surface area contributed by atoms with Crippen LogP contribution in [0.15, 0.2) is 72.8 Å². The van der Waals surface area contributed by atoms with Crippen LogP contribution in [-0.4, -0.2) is 0 Å². The molecular formula is C50H72N2. The van der Waals surface area contributed by atoms with Crippen molar-refractivity contribution in [2.45, 2.75) is 169 Å². The van der Waals surface area contributed by atoms with Crippen molar-refractivity contribution in [2.75, 3.05) is 11.5 Å². The second kappa shape index (κ2) is 23.2. The van der Waals surface area contributed by atoms with Crippen LogP contribution in [0.2, 0.25) is 0 Å². The van der Waals surface area contributed by atoms with Gasteiger partial charge in [-0.1, -0.05) is 151 Å². The van der Waals surface area contributed by atoms with E-state index in [4.69, 9.17) is 11.5 Å². The highest BCUT2D eigenvalue weighted by atomic mass is 14.5. The Bertz CT molecular complexity index is 1410. The van der Waals surface area contributed by atoms with E-state index in [9.17, 15) is 0 Å². The molecule has 0 aliphatic carbocycles. The maximum atomic E-state index is 6.01. The molecule has 0 aliphatic heterocycles. The Balaban J connectivity index is 0.884. The molecule has 4 rings (SSSR count). The number of aryl methyl sites for hydroxylation is 6. The smallest absolute Gasteiger partial charge is 0.0319 e.